The highest BCUT2D eigenvalue weighted by Crippen LogP contribution is 2.15. The molecule has 0 saturated carbocycles. The van der Waals surface area contributed by atoms with Crippen molar-refractivity contribution in [2.75, 3.05) is 13.7 Å². The molecule has 0 aliphatic rings. The number of aryl methyl sites for hydroxylation is 1. The second kappa shape index (κ2) is 11.9. The lowest BCUT2D eigenvalue weighted by molar-refractivity contribution is -0.107. The smallest absolute Gasteiger partial charge is 0.120 e. The molecule has 2 heteroatoms. The van der Waals surface area contributed by atoms with Gasteiger partial charge in [0.2, 0.25) is 0 Å². The highest BCUT2D eigenvalue weighted by Gasteiger charge is 1.98. The molecule has 1 aromatic rings. The summed E-state index contributed by atoms with van der Waals surface area (Å²) in [4.78, 5) is 10.2. The first-order valence-corrected chi connectivity index (χ1v) is 7.17. The fraction of sp³-hybridized carbons (Fsp3) is 0.588. The standard InChI is InChI=1S/C12H16O.C5H12O/c1-10(2)12-7-5-11(6-8-12)4-3-9-13;1-3-4-5-6-2/h5-10H,3-4H2,1-2H3;3-5H2,1-2H3. The van der Waals surface area contributed by atoms with E-state index in [9.17, 15) is 4.79 Å². The Bertz CT molecular complexity index is 311. The van der Waals surface area contributed by atoms with Crippen LogP contribution in [0.5, 0.6) is 0 Å². The molecule has 0 unspecified atom stereocenters. The van der Waals surface area contributed by atoms with Crippen molar-refractivity contribution in [2.45, 2.75) is 52.4 Å². The number of unbranched alkanes of at least 4 members (excludes halogenated alkanes) is 1. The van der Waals surface area contributed by atoms with Crippen LogP contribution >= 0.6 is 0 Å². The zero-order valence-corrected chi connectivity index (χ0v) is 12.8. The van der Waals surface area contributed by atoms with E-state index in [1.165, 1.54) is 24.0 Å². The molecule has 0 saturated heterocycles. The molecule has 0 atom stereocenters. The highest BCUT2D eigenvalue weighted by atomic mass is 16.5. The molecule has 19 heavy (non-hydrogen) atoms. The summed E-state index contributed by atoms with van der Waals surface area (Å²) in [5.74, 6) is 0.583. The summed E-state index contributed by atoms with van der Waals surface area (Å²) in [5, 5.41) is 0. The minimum atomic E-state index is 0.583. The Balaban J connectivity index is 0.000000459. The van der Waals surface area contributed by atoms with Gasteiger partial charge in [0.15, 0.2) is 0 Å². The minimum Gasteiger partial charge on any atom is -0.385 e. The zero-order chi connectivity index (χ0) is 14.5. The third kappa shape index (κ3) is 9.43. The summed E-state index contributed by atoms with van der Waals surface area (Å²) in [5.41, 5.74) is 2.60. The topological polar surface area (TPSA) is 26.3 Å². The van der Waals surface area contributed by atoms with Crippen molar-refractivity contribution in [3.63, 3.8) is 0 Å². The summed E-state index contributed by atoms with van der Waals surface area (Å²) in [6.45, 7) is 7.43. The lowest BCUT2D eigenvalue weighted by atomic mass is 10.0. The molecular weight excluding hydrogens is 236 g/mol. The lowest BCUT2D eigenvalue weighted by Gasteiger charge is -2.05. The molecular formula is C17H28O2. The Labute approximate surface area is 118 Å². The van der Waals surface area contributed by atoms with Crippen molar-refractivity contribution >= 4 is 6.29 Å². The SMILES string of the molecule is CC(C)c1ccc(CCC=O)cc1.CCCCOC. The number of carbonyl (C=O) groups excluding carboxylic acids is 1. The van der Waals surface area contributed by atoms with Gasteiger partial charge in [0.25, 0.3) is 0 Å². The van der Waals surface area contributed by atoms with Crippen LogP contribution in [0, 0.1) is 0 Å². The predicted octanol–water partition coefficient (Wildman–Crippen LogP) is 4.37. The van der Waals surface area contributed by atoms with Crippen LogP contribution in [-0.4, -0.2) is 20.0 Å². The molecule has 0 aliphatic carbocycles. The van der Waals surface area contributed by atoms with Gasteiger partial charge in [0, 0.05) is 20.1 Å². The first-order valence-electron chi connectivity index (χ1n) is 7.17. The van der Waals surface area contributed by atoms with E-state index in [4.69, 9.17) is 4.74 Å². The van der Waals surface area contributed by atoms with Gasteiger partial charge in [0.1, 0.15) is 6.29 Å². The second-order valence-corrected chi connectivity index (χ2v) is 4.95. The summed E-state index contributed by atoms with van der Waals surface area (Å²) < 4.78 is 4.78. The Morgan fingerprint density at radius 2 is 1.84 bits per heavy atom. The van der Waals surface area contributed by atoms with E-state index in [0.717, 1.165) is 19.3 Å². The van der Waals surface area contributed by atoms with E-state index in [2.05, 4.69) is 45.0 Å². The van der Waals surface area contributed by atoms with Crippen molar-refractivity contribution in [1.82, 2.24) is 0 Å². The van der Waals surface area contributed by atoms with Crippen LogP contribution in [0.4, 0.5) is 0 Å². The summed E-state index contributed by atoms with van der Waals surface area (Å²) >= 11 is 0. The number of aldehydes is 1. The zero-order valence-electron chi connectivity index (χ0n) is 12.8. The Kier molecular flexibility index (Phi) is 11.2. The maximum atomic E-state index is 10.2. The first kappa shape index (κ1) is 17.8. The monoisotopic (exact) mass is 264 g/mol. The molecule has 0 radical (unpaired) electrons. The van der Waals surface area contributed by atoms with E-state index < -0.39 is 0 Å². The number of methoxy groups -OCH3 is 1. The van der Waals surface area contributed by atoms with Crippen LogP contribution in [0.1, 0.15) is 57.1 Å². The van der Waals surface area contributed by atoms with Crippen LogP contribution in [0.3, 0.4) is 0 Å². The normalized spacial score (nSPS) is 9.95. The molecule has 1 aromatic carbocycles. The van der Waals surface area contributed by atoms with Gasteiger partial charge in [-0.1, -0.05) is 51.5 Å². The van der Waals surface area contributed by atoms with Crippen molar-refractivity contribution in [1.29, 1.82) is 0 Å². The van der Waals surface area contributed by atoms with Gasteiger partial charge in [-0.05, 0) is 29.9 Å². The first-order chi connectivity index (χ1) is 9.15. The van der Waals surface area contributed by atoms with Crippen LogP contribution in [0.15, 0.2) is 24.3 Å². The summed E-state index contributed by atoms with van der Waals surface area (Å²) in [7, 11) is 1.73. The fourth-order valence-corrected chi connectivity index (χ4v) is 1.58. The largest absolute Gasteiger partial charge is 0.385 e. The Hall–Kier alpha value is -1.15. The average Bonchev–Trinajstić information content (AvgIpc) is 2.44. The minimum absolute atomic E-state index is 0.583. The number of benzene rings is 1. The van der Waals surface area contributed by atoms with Gasteiger partial charge in [-0.3, -0.25) is 0 Å². The van der Waals surface area contributed by atoms with Crippen LogP contribution < -0.4 is 0 Å². The van der Waals surface area contributed by atoms with E-state index in [1.54, 1.807) is 7.11 Å². The average molecular weight is 264 g/mol. The van der Waals surface area contributed by atoms with Crippen molar-refractivity contribution in [3.8, 4) is 0 Å². The number of carbonyl (C=O) groups is 1. The Morgan fingerprint density at radius 3 is 2.21 bits per heavy atom. The van der Waals surface area contributed by atoms with Crippen LogP contribution in [0.2, 0.25) is 0 Å². The molecule has 0 N–H and O–H groups in total. The molecule has 0 fully saturated rings. The maximum absolute atomic E-state index is 10.2. The van der Waals surface area contributed by atoms with Gasteiger partial charge < -0.3 is 9.53 Å². The molecule has 0 aromatic heterocycles. The lowest BCUT2D eigenvalue weighted by Crippen LogP contribution is -1.89. The molecule has 0 aliphatic heterocycles. The van der Waals surface area contributed by atoms with E-state index in [1.807, 2.05) is 0 Å². The van der Waals surface area contributed by atoms with E-state index in [-0.39, 0.29) is 0 Å². The summed E-state index contributed by atoms with van der Waals surface area (Å²) in [6, 6.07) is 8.51. The fourth-order valence-electron chi connectivity index (χ4n) is 1.58. The van der Waals surface area contributed by atoms with Gasteiger partial charge in [-0.2, -0.15) is 0 Å². The van der Waals surface area contributed by atoms with Gasteiger partial charge in [-0.15, -0.1) is 0 Å². The molecule has 0 amide bonds. The number of rotatable bonds is 7. The summed E-state index contributed by atoms with van der Waals surface area (Å²) in [6.07, 6.45) is 4.88. The van der Waals surface area contributed by atoms with E-state index >= 15 is 0 Å². The third-order valence-corrected chi connectivity index (χ3v) is 2.90. The van der Waals surface area contributed by atoms with Gasteiger partial charge >= 0.3 is 0 Å². The molecule has 2 nitrogen and oxygen atoms in total. The highest BCUT2D eigenvalue weighted by molar-refractivity contribution is 5.50. The number of hydrogen-bond acceptors (Lipinski definition) is 2. The van der Waals surface area contributed by atoms with E-state index in [0.29, 0.717) is 12.3 Å². The Morgan fingerprint density at radius 1 is 1.21 bits per heavy atom. The van der Waals surface area contributed by atoms with Crippen molar-refractivity contribution in [3.05, 3.63) is 35.4 Å². The second-order valence-electron chi connectivity index (χ2n) is 4.95. The van der Waals surface area contributed by atoms with Crippen molar-refractivity contribution < 1.29 is 9.53 Å². The predicted molar refractivity (Wildman–Crippen MR) is 81.7 cm³/mol. The van der Waals surface area contributed by atoms with Crippen LogP contribution in [-0.2, 0) is 16.0 Å². The molecule has 108 valence electrons. The molecule has 0 heterocycles. The number of hydrogen-bond donors (Lipinski definition) is 0. The third-order valence-electron chi connectivity index (χ3n) is 2.90. The van der Waals surface area contributed by atoms with Crippen LogP contribution in [0.25, 0.3) is 0 Å². The quantitative estimate of drug-likeness (QED) is 0.540. The number of ether oxygens (including phenoxy) is 1. The molecule has 0 spiro atoms. The maximum Gasteiger partial charge on any atom is 0.120 e. The molecule has 1 rings (SSSR count). The van der Waals surface area contributed by atoms with Crippen molar-refractivity contribution in [2.24, 2.45) is 0 Å². The van der Waals surface area contributed by atoms with Gasteiger partial charge in [0.05, 0.1) is 0 Å². The van der Waals surface area contributed by atoms with Gasteiger partial charge in [-0.25, -0.2) is 0 Å². The molecule has 0 bridgehead atoms.